The van der Waals surface area contributed by atoms with Crippen LogP contribution < -0.4 is 4.43 Å². The Hall–Kier alpha value is -1.80. The van der Waals surface area contributed by atoms with Crippen molar-refractivity contribution in [3.05, 3.63) is 71.8 Å². The lowest BCUT2D eigenvalue weighted by Crippen LogP contribution is -2.44. The molecule has 0 amide bonds. The molecule has 0 unspecified atom stereocenters. The van der Waals surface area contributed by atoms with Gasteiger partial charge in [0.2, 0.25) is 8.32 Å². The molecule has 2 heteroatoms. The second kappa shape index (κ2) is 7.18. The Labute approximate surface area is 142 Å². The Kier molecular flexibility index (Phi) is 5.48. The predicted octanol–water partition coefficient (Wildman–Crippen LogP) is 6.33. The van der Waals surface area contributed by atoms with Gasteiger partial charge < -0.3 is 4.43 Å². The normalized spacial score (nSPS) is 12.6. The Morgan fingerprint density at radius 3 is 2.17 bits per heavy atom. The molecule has 0 saturated carbocycles. The standard InChI is InChI=1S/C21H28OSi/c1-21(2,3)23(4,5)22-20-17-10-9-15-19(20)16-11-14-18-12-7-6-8-13-18/h6-15,17H,16H2,1-5H3/b14-11+. The molecule has 0 bridgehead atoms. The fourth-order valence-electron chi connectivity index (χ4n) is 2.09. The molecule has 0 radical (unpaired) electrons. The molecule has 1 nitrogen and oxygen atoms in total. The van der Waals surface area contributed by atoms with E-state index in [1.54, 1.807) is 0 Å². The summed E-state index contributed by atoms with van der Waals surface area (Å²) in [6.07, 6.45) is 5.27. The fourth-order valence-corrected chi connectivity index (χ4v) is 3.14. The molecule has 2 aromatic rings. The molecule has 0 fully saturated rings. The number of allylic oxidation sites excluding steroid dienone is 1. The van der Waals surface area contributed by atoms with E-state index in [4.69, 9.17) is 4.43 Å². The summed E-state index contributed by atoms with van der Waals surface area (Å²) >= 11 is 0. The summed E-state index contributed by atoms with van der Waals surface area (Å²) in [7, 11) is -1.80. The first-order valence-corrected chi connectivity index (χ1v) is 11.2. The molecule has 23 heavy (non-hydrogen) atoms. The smallest absolute Gasteiger partial charge is 0.250 e. The van der Waals surface area contributed by atoms with Gasteiger partial charge in [-0.25, -0.2) is 0 Å². The molecule has 0 aliphatic heterocycles. The third-order valence-electron chi connectivity index (χ3n) is 4.59. The van der Waals surface area contributed by atoms with Crippen LogP contribution in [0.2, 0.25) is 18.1 Å². The van der Waals surface area contributed by atoms with Gasteiger partial charge in [-0.2, -0.15) is 0 Å². The molecular formula is C21H28OSi. The van der Waals surface area contributed by atoms with E-state index < -0.39 is 8.32 Å². The Bertz CT molecular complexity index is 651. The highest BCUT2D eigenvalue weighted by molar-refractivity contribution is 6.74. The number of rotatable bonds is 5. The largest absolute Gasteiger partial charge is 0.543 e. The van der Waals surface area contributed by atoms with E-state index in [1.165, 1.54) is 11.1 Å². The SMILES string of the molecule is CC(C)(C)[Si](C)(C)Oc1ccccc1C/C=C/c1ccccc1. The van der Waals surface area contributed by atoms with Crippen LogP contribution in [0.4, 0.5) is 0 Å². The average molecular weight is 325 g/mol. The zero-order valence-corrected chi connectivity index (χ0v) is 16.0. The minimum Gasteiger partial charge on any atom is -0.543 e. The molecule has 0 saturated heterocycles. The van der Waals surface area contributed by atoms with Crippen LogP contribution in [-0.2, 0) is 6.42 Å². The van der Waals surface area contributed by atoms with Crippen molar-refractivity contribution in [1.82, 2.24) is 0 Å². The van der Waals surface area contributed by atoms with Crippen molar-refractivity contribution in [2.24, 2.45) is 0 Å². The zero-order valence-electron chi connectivity index (χ0n) is 15.0. The molecule has 0 aliphatic rings. The average Bonchev–Trinajstić information content (AvgIpc) is 2.49. The lowest BCUT2D eigenvalue weighted by molar-refractivity contribution is 0.488. The molecule has 2 aromatic carbocycles. The van der Waals surface area contributed by atoms with E-state index >= 15 is 0 Å². The third-order valence-corrected chi connectivity index (χ3v) is 8.93. The highest BCUT2D eigenvalue weighted by atomic mass is 28.4. The van der Waals surface area contributed by atoms with Gasteiger partial charge in [-0.3, -0.25) is 0 Å². The van der Waals surface area contributed by atoms with Gasteiger partial charge in [0.25, 0.3) is 0 Å². The van der Waals surface area contributed by atoms with Crippen LogP contribution in [0.15, 0.2) is 60.7 Å². The van der Waals surface area contributed by atoms with E-state index in [0.29, 0.717) is 0 Å². The highest BCUT2D eigenvalue weighted by Gasteiger charge is 2.39. The minimum absolute atomic E-state index is 0.208. The van der Waals surface area contributed by atoms with Crippen LogP contribution in [0.25, 0.3) is 6.08 Å². The van der Waals surface area contributed by atoms with Crippen LogP contribution in [0, 0.1) is 0 Å². The van der Waals surface area contributed by atoms with E-state index in [-0.39, 0.29) is 5.04 Å². The fraction of sp³-hybridized carbons (Fsp3) is 0.333. The van der Waals surface area contributed by atoms with Crippen LogP contribution >= 0.6 is 0 Å². The van der Waals surface area contributed by atoms with Crippen LogP contribution in [0.3, 0.4) is 0 Å². The summed E-state index contributed by atoms with van der Waals surface area (Å²) in [6.45, 7) is 11.4. The van der Waals surface area contributed by atoms with Crippen molar-refractivity contribution in [3.8, 4) is 5.75 Å². The topological polar surface area (TPSA) is 9.23 Å². The Morgan fingerprint density at radius 2 is 1.52 bits per heavy atom. The minimum atomic E-state index is -1.80. The van der Waals surface area contributed by atoms with Gasteiger partial charge in [-0.05, 0) is 41.7 Å². The number of para-hydroxylation sites is 1. The molecule has 0 spiro atoms. The number of hydrogen-bond acceptors (Lipinski definition) is 1. The number of benzene rings is 2. The van der Waals surface area contributed by atoms with Gasteiger partial charge in [-0.1, -0.05) is 81.5 Å². The monoisotopic (exact) mass is 324 g/mol. The van der Waals surface area contributed by atoms with Crippen molar-refractivity contribution < 1.29 is 4.43 Å². The van der Waals surface area contributed by atoms with Crippen LogP contribution in [-0.4, -0.2) is 8.32 Å². The molecular weight excluding hydrogens is 296 g/mol. The van der Waals surface area contributed by atoms with Crippen molar-refractivity contribution >= 4 is 14.4 Å². The maximum absolute atomic E-state index is 6.51. The van der Waals surface area contributed by atoms with Gasteiger partial charge in [0, 0.05) is 0 Å². The first-order valence-electron chi connectivity index (χ1n) is 8.28. The summed E-state index contributed by atoms with van der Waals surface area (Å²) in [6, 6.07) is 18.8. The van der Waals surface area contributed by atoms with Gasteiger partial charge in [-0.15, -0.1) is 0 Å². The molecule has 0 N–H and O–H groups in total. The second-order valence-corrected chi connectivity index (χ2v) is 12.2. The molecule has 0 heterocycles. The second-order valence-electron chi connectivity index (χ2n) is 7.49. The summed E-state index contributed by atoms with van der Waals surface area (Å²) < 4.78 is 6.51. The molecule has 122 valence electrons. The molecule has 0 atom stereocenters. The summed E-state index contributed by atoms with van der Waals surface area (Å²) in [5.41, 5.74) is 2.49. The summed E-state index contributed by atoms with van der Waals surface area (Å²) in [5.74, 6) is 1.04. The first kappa shape index (κ1) is 17.5. The van der Waals surface area contributed by atoms with Crippen LogP contribution in [0.5, 0.6) is 5.75 Å². The Balaban J connectivity index is 2.13. The van der Waals surface area contributed by atoms with E-state index in [9.17, 15) is 0 Å². The lowest BCUT2D eigenvalue weighted by Gasteiger charge is -2.37. The van der Waals surface area contributed by atoms with Crippen LogP contribution in [0.1, 0.15) is 31.9 Å². The Morgan fingerprint density at radius 1 is 0.913 bits per heavy atom. The van der Waals surface area contributed by atoms with Crippen molar-refractivity contribution in [2.75, 3.05) is 0 Å². The summed E-state index contributed by atoms with van der Waals surface area (Å²) in [4.78, 5) is 0. The maximum Gasteiger partial charge on any atom is 0.250 e. The first-order chi connectivity index (χ1) is 10.8. The molecule has 0 aliphatic carbocycles. The van der Waals surface area contributed by atoms with Crippen molar-refractivity contribution in [1.29, 1.82) is 0 Å². The van der Waals surface area contributed by atoms with E-state index in [2.05, 4.69) is 94.5 Å². The van der Waals surface area contributed by atoms with Crippen molar-refractivity contribution in [2.45, 2.75) is 45.3 Å². The van der Waals surface area contributed by atoms with E-state index in [0.717, 1.165) is 12.2 Å². The predicted molar refractivity (Wildman–Crippen MR) is 103 cm³/mol. The quantitative estimate of drug-likeness (QED) is 0.584. The van der Waals surface area contributed by atoms with Gasteiger partial charge >= 0.3 is 0 Å². The van der Waals surface area contributed by atoms with Gasteiger partial charge in [0.1, 0.15) is 5.75 Å². The molecule has 2 rings (SSSR count). The zero-order chi connectivity index (χ0) is 16.9. The lowest BCUT2D eigenvalue weighted by atomic mass is 10.1. The van der Waals surface area contributed by atoms with Crippen molar-refractivity contribution in [3.63, 3.8) is 0 Å². The number of hydrogen-bond donors (Lipinski definition) is 0. The summed E-state index contributed by atoms with van der Waals surface area (Å²) in [5, 5.41) is 0.208. The maximum atomic E-state index is 6.51. The van der Waals surface area contributed by atoms with E-state index in [1.807, 2.05) is 6.07 Å². The van der Waals surface area contributed by atoms with Gasteiger partial charge in [0.15, 0.2) is 0 Å². The third kappa shape index (κ3) is 4.83. The molecule has 0 aromatic heterocycles. The van der Waals surface area contributed by atoms with Gasteiger partial charge in [0.05, 0.1) is 0 Å². The highest BCUT2D eigenvalue weighted by Crippen LogP contribution is 2.38.